The summed E-state index contributed by atoms with van der Waals surface area (Å²) in [5, 5.41) is 9.02. The van der Waals surface area contributed by atoms with Crippen molar-refractivity contribution in [3.63, 3.8) is 0 Å². The highest BCUT2D eigenvalue weighted by Gasteiger charge is 2.08. The molecule has 2 N–H and O–H groups in total. The molecule has 0 fully saturated rings. The summed E-state index contributed by atoms with van der Waals surface area (Å²) in [5.74, 6) is 0. The number of nitriles is 1. The normalized spacial score (nSPS) is 10.4. The predicted octanol–water partition coefficient (Wildman–Crippen LogP) is 1.92. The van der Waals surface area contributed by atoms with Crippen LogP contribution in [0.5, 0.6) is 0 Å². The Kier molecular flexibility index (Phi) is 5.47. The molecule has 4 heteroatoms. The fraction of sp³-hybridized carbons (Fsp3) is 0.500. The predicted molar refractivity (Wildman–Crippen MR) is 76.6 cm³/mol. The Balaban J connectivity index is 2.88. The molecule has 1 rings (SSSR count). The van der Waals surface area contributed by atoms with Gasteiger partial charge in [0.05, 0.1) is 5.56 Å². The molecule has 0 heterocycles. The Morgan fingerprint density at radius 1 is 1.22 bits per heavy atom. The molecule has 0 unspecified atom stereocenters. The minimum absolute atomic E-state index is 0.547. The Morgan fingerprint density at radius 2 is 1.94 bits per heavy atom. The second-order valence-corrected chi connectivity index (χ2v) is 4.67. The van der Waals surface area contributed by atoms with Gasteiger partial charge in [-0.25, -0.2) is 0 Å². The van der Waals surface area contributed by atoms with Gasteiger partial charge in [0.25, 0.3) is 0 Å². The van der Waals surface area contributed by atoms with Crippen molar-refractivity contribution in [2.75, 3.05) is 44.4 Å². The minimum Gasteiger partial charge on any atom is -0.398 e. The number of nitrogen functional groups attached to an aromatic ring is 1. The van der Waals surface area contributed by atoms with Crippen LogP contribution in [0.2, 0.25) is 0 Å². The molecule has 0 saturated carbocycles. The highest BCUT2D eigenvalue weighted by Crippen LogP contribution is 2.20. The third-order valence-electron chi connectivity index (χ3n) is 2.83. The standard InChI is InChI=1S/C14H22N4/c1-4-7-18(9-8-17(2)3)13-5-6-14(16)12(10-13)11-15/h5-6,10H,4,7-9,16H2,1-3H3. The molecule has 0 aliphatic heterocycles. The Morgan fingerprint density at radius 3 is 2.50 bits per heavy atom. The summed E-state index contributed by atoms with van der Waals surface area (Å²) in [6.07, 6.45) is 1.08. The molecule has 0 aromatic heterocycles. The van der Waals surface area contributed by atoms with E-state index in [9.17, 15) is 0 Å². The van der Waals surface area contributed by atoms with Crippen molar-refractivity contribution in [2.45, 2.75) is 13.3 Å². The molecule has 18 heavy (non-hydrogen) atoms. The van der Waals surface area contributed by atoms with E-state index in [2.05, 4.69) is 36.9 Å². The molecule has 0 radical (unpaired) electrons. The van der Waals surface area contributed by atoms with E-state index in [-0.39, 0.29) is 0 Å². The fourth-order valence-electron chi connectivity index (χ4n) is 1.80. The van der Waals surface area contributed by atoms with Gasteiger partial charge in [-0.1, -0.05) is 6.92 Å². The number of hydrogen-bond acceptors (Lipinski definition) is 4. The number of nitrogens with two attached hydrogens (primary N) is 1. The van der Waals surface area contributed by atoms with Crippen LogP contribution in [0.4, 0.5) is 11.4 Å². The molecule has 98 valence electrons. The average molecular weight is 246 g/mol. The average Bonchev–Trinajstić information content (AvgIpc) is 2.35. The first-order valence-corrected chi connectivity index (χ1v) is 6.27. The number of rotatable bonds is 6. The van der Waals surface area contributed by atoms with Gasteiger partial charge < -0.3 is 15.5 Å². The van der Waals surface area contributed by atoms with Crippen LogP contribution >= 0.6 is 0 Å². The van der Waals surface area contributed by atoms with E-state index < -0.39 is 0 Å². The van der Waals surface area contributed by atoms with Gasteiger partial charge in [0.15, 0.2) is 0 Å². The maximum Gasteiger partial charge on any atom is 0.101 e. The first-order chi connectivity index (χ1) is 8.58. The number of hydrogen-bond donors (Lipinski definition) is 1. The maximum atomic E-state index is 9.02. The van der Waals surface area contributed by atoms with E-state index in [1.54, 1.807) is 0 Å². The molecule has 0 aliphatic carbocycles. The topological polar surface area (TPSA) is 56.3 Å². The summed E-state index contributed by atoms with van der Waals surface area (Å²) in [6.45, 7) is 5.09. The molecule has 1 aromatic carbocycles. The smallest absolute Gasteiger partial charge is 0.101 e. The minimum atomic E-state index is 0.547. The van der Waals surface area contributed by atoms with Gasteiger partial charge >= 0.3 is 0 Å². The van der Waals surface area contributed by atoms with Crippen LogP contribution in [-0.4, -0.2) is 38.6 Å². The third-order valence-corrected chi connectivity index (χ3v) is 2.83. The number of nitrogens with zero attached hydrogens (tertiary/aromatic N) is 3. The maximum absolute atomic E-state index is 9.02. The zero-order chi connectivity index (χ0) is 13.5. The molecular weight excluding hydrogens is 224 g/mol. The number of benzene rings is 1. The molecular formula is C14H22N4. The van der Waals surface area contributed by atoms with E-state index >= 15 is 0 Å². The first-order valence-electron chi connectivity index (χ1n) is 6.27. The van der Waals surface area contributed by atoms with Crippen molar-refractivity contribution in [3.8, 4) is 6.07 Å². The molecule has 0 saturated heterocycles. The summed E-state index contributed by atoms with van der Waals surface area (Å²) in [5.41, 5.74) is 7.92. The molecule has 0 aliphatic rings. The van der Waals surface area contributed by atoms with Gasteiger partial charge in [0, 0.05) is 31.0 Å². The Bertz CT molecular complexity index is 420. The lowest BCUT2D eigenvalue weighted by Gasteiger charge is -2.26. The summed E-state index contributed by atoms with van der Waals surface area (Å²) >= 11 is 0. The van der Waals surface area contributed by atoms with Crippen LogP contribution in [0, 0.1) is 11.3 Å². The second-order valence-electron chi connectivity index (χ2n) is 4.67. The van der Waals surface area contributed by atoms with E-state index in [1.165, 1.54) is 0 Å². The highest BCUT2D eigenvalue weighted by molar-refractivity contribution is 5.62. The zero-order valence-electron chi connectivity index (χ0n) is 11.5. The molecule has 0 bridgehead atoms. The van der Waals surface area contributed by atoms with Crippen molar-refractivity contribution >= 4 is 11.4 Å². The third kappa shape index (κ3) is 3.94. The summed E-state index contributed by atoms with van der Waals surface area (Å²) < 4.78 is 0. The van der Waals surface area contributed by atoms with Crippen molar-refractivity contribution in [1.82, 2.24) is 4.90 Å². The molecule has 0 atom stereocenters. The van der Waals surface area contributed by atoms with Crippen molar-refractivity contribution < 1.29 is 0 Å². The highest BCUT2D eigenvalue weighted by atomic mass is 15.2. The Hall–Kier alpha value is -1.73. The van der Waals surface area contributed by atoms with Crippen LogP contribution in [0.3, 0.4) is 0 Å². The van der Waals surface area contributed by atoms with E-state index in [1.807, 2.05) is 18.2 Å². The summed E-state index contributed by atoms with van der Waals surface area (Å²) in [7, 11) is 4.13. The van der Waals surface area contributed by atoms with Crippen molar-refractivity contribution in [2.24, 2.45) is 0 Å². The van der Waals surface area contributed by atoms with E-state index in [4.69, 9.17) is 11.0 Å². The molecule has 0 amide bonds. The van der Waals surface area contributed by atoms with E-state index in [0.29, 0.717) is 11.3 Å². The lowest BCUT2D eigenvalue weighted by Crippen LogP contribution is -2.32. The van der Waals surface area contributed by atoms with Gasteiger partial charge in [0.2, 0.25) is 0 Å². The van der Waals surface area contributed by atoms with E-state index in [0.717, 1.165) is 31.7 Å². The quantitative estimate of drug-likeness (QED) is 0.779. The lowest BCUT2D eigenvalue weighted by atomic mass is 10.1. The van der Waals surface area contributed by atoms with Gasteiger partial charge in [-0.05, 0) is 38.7 Å². The van der Waals surface area contributed by atoms with Crippen LogP contribution in [-0.2, 0) is 0 Å². The molecule has 4 nitrogen and oxygen atoms in total. The van der Waals surface area contributed by atoms with Crippen LogP contribution in [0.1, 0.15) is 18.9 Å². The van der Waals surface area contributed by atoms with Crippen LogP contribution < -0.4 is 10.6 Å². The summed E-state index contributed by atoms with van der Waals surface area (Å²) in [6, 6.07) is 7.81. The van der Waals surface area contributed by atoms with Gasteiger partial charge in [0.1, 0.15) is 6.07 Å². The van der Waals surface area contributed by atoms with Crippen LogP contribution in [0.15, 0.2) is 18.2 Å². The second kappa shape index (κ2) is 6.87. The van der Waals surface area contributed by atoms with Gasteiger partial charge in [-0.3, -0.25) is 0 Å². The SMILES string of the molecule is CCCN(CCN(C)C)c1ccc(N)c(C#N)c1. The van der Waals surface area contributed by atoms with Gasteiger partial charge in [-0.2, -0.15) is 5.26 Å². The number of anilines is 2. The zero-order valence-corrected chi connectivity index (χ0v) is 11.5. The van der Waals surface area contributed by atoms with Crippen molar-refractivity contribution in [1.29, 1.82) is 5.26 Å². The lowest BCUT2D eigenvalue weighted by molar-refractivity contribution is 0.413. The van der Waals surface area contributed by atoms with Crippen molar-refractivity contribution in [3.05, 3.63) is 23.8 Å². The Labute approximate surface area is 110 Å². The number of likely N-dealkylation sites (N-methyl/N-ethyl adjacent to an activating group) is 1. The monoisotopic (exact) mass is 246 g/mol. The van der Waals surface area contributed by atoms with Crippen LogP contribution in [0.25, 0.3) is 0 Å². The van der Waals surface area contributed by atoms with Gasteiger partial charge in [-0.15, -0.1) is 0 Å². The largest absolute Gasteiger partial charge is 0.398 e. The first kappa shape index (κ1) is 14.3. The molecule has 0 spiro atoms. The fourth-order valence-corrected chi connectivity index (χ4v) is 1.80. The molecule has 1 aromatic rings. The summed E-state index contributed by atoms with van der Waals surface area (Å²) in [4.78, 5) is 4.45.